The van der Waals surface area contributed by atoms with Crippen LogP contribution in [0.1, 0.15) is 18.1 Å². The summed E-state index contributed by atoms with van der Waals surface area (Å²) in [6.45, 7) is 5.17. The normalized spacial score (nSPS) is 14.7. The molecule has 0 aromatic heterocycles. The second kappa shape index (κ2) is 11.4. The fourth-order valence-electron chi connectivity index (χ4n) is 3.34. The molecule has 1 aliphatic rings. The first-order valence-electron chi connectivity index (χ1n) is 10.3. The molecule has 0 aliphatic carbocycles. The first kappa shape index (κ1) is 26.2. The van der Waals surface area contributed by atoms with Gasteiger partial charge < -0.3 is 14.6 Å². The summed E-state index contributed by atoms with van der Waals surface area (Å²) >= 11 is 17.6. The Morgan fingerprint density at radius 1 is 1.26 bits per heavy atom. The maximum atomic E-state index is 13.4. The van der Waals surface area contributed by atoms with E-state index in [0.29, 0.717) is 17.5 Å². The van der Waals surface area contributed by atoms with Crippen molar-refractivity contribution in [2.45, 2.75) is 13.3 Å². The molecule has 0 bridgehead atoms. The molecule has 0 radical (unpaired) electrons. The van der Waals surface area contributed by atoms with Crippen LogP contribution in [0.25, 0.3) is 6.08 Å². The minimum atomic E-state index is -1.15. The number of carbonyl (C=O) groups is 3. The average Bonchev–Trinajstić information content (AvgIpc) is 2.79. The second-order valence-electron chi connectivity index (χ2n) is 7.15. The van der Waals surface area contributed by atoms with Crippen LogP contribution in [0.15, 0.2) is 48.6 Å². The molecule has 11 heteroatoms. The first-order valence-corrected chi connectivity index (χ1v) is 11.4. The average molecular weight is 535 g/mol. The van der Waals surface area contributed by atoms with Gasteiger partial charge in [-0.2, -0.15) is 0 Å². The van der Waals surface area contributed by atoms with Gasteiger partial charge >= 0.3 is 5.97 Å². The molecule has 0 atom stereocenters. The predicted octanol–water partition coefficient (Wildman–Crippen LogP) is 4.42. The van der Waals surface area contributed by atoms with E-state index in [2.05, 4.69) is 11.9 Å². The van der Waals surface area contributed by atoms with Crippen LogP contribution in [0.5, 0.6) is 11.5 Å². The van der Waals surface area contributed by atoms with E-state index in [1.807, 2.05) is 0 Å². The number of anilines is 1. The van der Waals surface area contributed by atoms with E-state index in [9.17, 15) is 14.4 Å². The smallest absolute Gasteiger partial charge is 0.341 e. The molecular formula is C24H20Cl2N2O6S. The fourth-order valence-corrected chi connectivity index (χ4v) is 4.00. The highest BCUT2D eigenvalue weighted by atomic mass is 35.5. The lowest BCUT2D eigenvalue weighted by atomic mass is 10.0. The molecule has 3 rings (SSSR count). The Bertz CT molecular complexity index is 1260. The van der Waals surface area contributed by atoms with Gasteiger partial charge in [-0.3, -0.25) is 19.8 Å². The minimum Gasteiger partial charge on any atom is -0.490 e. The van der Waals surface area contributed by atoms with Crippen LogP contribution in [0.3, 0.4) is 0 Å². The lowest BCUT2D eigenvalue weighted by Crippen LogP contribution is -2.54. The van der Waals surface area contributed by atoms with Crippen molar-refractivity contribution in [3.63, 3.8) is 0 Å². The van der Waals surface area contributed by atoms with Gasteiger partial charge in [0.15, 0.2) is 23.2 Å². The lowest BCUT2D eigenvalue weighted by Gasteiger charge is -2.29. The largest absolute Gasteiger partial charge is 0.490 e. The Kier molecular flexibility index (Phi) is 8.50. The topological polar surface area (TPSA) is 105 Å². The summed E-state index contributed by atoms with van der Waals surface area (Å²) in [7, 11) is 0. The van der Waals surface area contributed by atoms with Crippen molar-refractivity contribution in [3.05, 3.63) is 69.7 Å². The number of nitrogens with one attached hydrogen (secondary N) is 1. The highest BCUT2D eigenvalue weighted by Gasteiger charge is 2.35. The van der Waals surface area contributed by atoms with Crippen LogP contribution in [-0.4, -0.2) is 41.2 Å². The molecule has 2 N–H and O–H groups in total. The maximum absolute atomic E-state index is 13.4. The third-order valence-electron chi connectivity index (χ3n) is 4.74. The molecule has 8 nitrogen and oxygen atoms in total. The minimum absolute atomic E-state index is 0.104. The number of amides is 2. The van der Waals surface area contributed by atoms with E-state index in [0.717, 1.165) is 4.90 Å². The molecule has 182 valence electrons. The number of ether oxygens (including phenoxy) is 2. The summed E-state index contributed by atoms with van der Waals surface area (Å²) < 4.78 is 11.1. The van der Waals surface area contributed by atoms with Crippen LogP contribution < -0.4 is 19.7 Å². The van der Waals surface area contributed by atoms with E-state index >= 15 is 0 Å². The van der Waals surface area contributed by atoms with Crippen LogP contribution >= 0.6 is 35.4 Å². The van der Waals surface area contributed by atoms with Crippen molar-refractivity contribution in [1.82, 2.24) is 5.32 Å². The number of halogens is 2. The number of carboxylic acid groups (broad SMARTS) is 1. The van der Waals surface area contributed by atoms with Gasteiger partial charge in [0.25, 0.3) is 11.8 Å². The SMILES string of the molecule is C=CCc1cc(/C=C2\C(=O)NC(=S)N(c3cccc(Cl)c3Cl)C2=O)cc(OCC)c1OCC(=O)O. The van der Waals surface area contributed by atoms with Gasteiger partial charge in [0, 0.05) is 5.56 Å². The summed E-state index contributed by atoms with van der Waals surface area (Å²) in [5.74, 6) is -2.04. The van der Waals surface area contributed by atoms with Crippen molar-refractivity contribution < 1.29 is 29.0 Å². The van der Waals surface area contributed by atoms with Crippen molar-refractivity contribution >= 4 is 70.1 Å². The molecule has 35 heavy (non-hydrogen) atoms. The van der Waals surface area contributed by atoms with E-state index in [1.165, 1.54) is 6.08 Å². The fraction of sp³-hybridized carbons (Fsp3) is 0.167. The Labute approximate surface area is 216 Å². The zero-order valence-electron chi connectivity index (χ0n) is 18.5. The number of hydrogen-bond acceptors (Lipinski definition) is 6. The van der Waals surface area contributed by atoms with Crippen LogP contribution in [-0.2, 0) is 20.8 Å². The van der Waals surface area contributed by atoms with Crippen LogP contribution in [0, 0.1) is 0 Å². The number of carboxylic acids is 1. The molecule has 0 unspecified atom stereocenters. The lowest BCUT2D eigenvalue weighted by molar-refractivity contribution is -0.139. The summed E-state index contributed by atoms with van der Waals surface area (Å²) in [4.78, 5) is 38.2. The van der Waals surface area contributed by atoms with Crippen molar-refractivity contribution in [2.75, 3.05) is 18.1 Å². The summed E-state index contributed by atoms with van der Waals surface area (Å²) in [6.07, 6.45) is 3.30. The summed E-state index contributed by atoms with van der Waals surface area (Å²) in [5, 5.41) is 11.7. The molecule has 0 spiro atoms. The Morgan fingerprint density at radius 3 is 2.66 bits per heavy atom. The number of nitrogens with zero attached hydrogens (tertiary/aromatic N) is 1. The zero-order valence-corrected chi connectivity index (χ0v) is 20.8. The molecule has 2 aromatic carbocycles. The van der Waals surface area contributed by atoms with E-state index in [1.54, 1.807) is 43.3 Å². The first-order chi connectivity index (χ1) is 16.7. The van der Waals surface area contributed by atoms with Crippen LogP contribution in [0.4, 0.5) is 5.69 Å². The number of benzene rings is 2. The van der Waals surface area contributed by atoms with Crippen molar-refractivity contribution in [3.8, 4) is 11.5 Å². The molecule has 1 heterocycles. The molecular weight excluding hydrogens is 515 g/mol. The molecule has 1 saturated heterocycles. The predicted molar refractivity (Wildman–Crippen MR) is 137 cm³/mol. The van der Waals surface area contributed by atoms with Gasteiger partial charge in [0.1, 0.15) is 5.57 Å². The van der Waals surface area contributed by atoms with Gasteiger partial charge in [-0.05, 0) is 61.5 Å². The number of hydrogen-bond donors (Lipinski definition) is 2. The Hall–Kier alpha value is -3.40. The van der Waals surface area contributed by atoms with Gasteiger partial charge in [-0.25, -0.2) is 4.79 Å². The number of carbonyl (C=O) groups excluding carboxylic acids is 2. The number of allylic oxidation sites excluding steroid dienone is 1. The number of rotatable bonds is 9. The molecule has 2 aromatic rings. The van der Waals surface area contributed by atoms with Crippen LogP contribution in [0.2, 0.25) is 10.0 Å². The summed E-state index contributed by atoms with van der Waals surface area (Å²) in [6, 6.07) is 7.91. The highest BCUT2D eigenvalue weighted by molar-refractivity contribution is 7.80. The van der Waals surface area contributed by atoms with E-state index in [-0.39, 0.29) is 44.5 Å². The Morgan fingerprint density at radius 2 is 2.00 bits per heavy atom. The standard InChI is InChI=1S/C24H20Cl2N2O6S/c1-3-6-14-9-13(11-18(33-4-2)21(14)34-12-19(29)30)10-15-22(31)27-24(35)28(23(15)32)17-8-5-7-16(25)20(17)26/h3,5,7-11H,1,4,6,12H2,2H3,(H,29,30)(H,27,31,35)/b15-10+. The third-order valence-corrected chi connectivity index (χ3v) is 5.84. The van der Waals surface area contributed by atoms with Crippen molar-refractivity contribution in [2.24, 2.45) is 0 Å². The number of thiocarbonyl (C=S) groups is 1. The zero-order chi connectivity index (χ0) is 25.7. The number of aliphatic carboxylic acids is 1. The monoisotopic (exact) mass is 534 g/mol. The van der Waals surface area contributed by atoms with Gasteiger partial charge in [-0.15, -0.1) is 6.58 Å². The van der Waals surface area contributed by atoms with E-state index in [4.69, 9.17) is 50.0 Å². The van der Waals surface area contributed by atoms with Gasteiger partial charge in [0.2, 0.25) is 0 Å². The third kappa shape index (κ3) is 5.82. The quantitative estimate of drug-likeness (QED) is 0.212. The van der Waals surface area contributed by atoms with Gasteiger partial charge in [-0.1, -0.05) is 35.3 Å². The molecule has 2 amide bonds. The van der Waals surface area contributed by atoms with Crippen molar-refractivity contribution in [1.29, 1.82) is 0 Å². The second-order valence-corrected chi connectivity index (χ2v) is 8.32. The van der Waals surface area contributed by atoms with Gasteiger partial charge in [0.05, 0.1) is 22.3 Å². The molecule has 1 fully saturated rings. The molecule has 0 saturated carbocycles. The maximum Gasteiger partial charge on any atom is 0.341 e. The highest BCUT2D eigenvalue weighted by Crippen LogP contribution is 2.36. The summed E-state index contributed by atoms with van der Waals surface area (Å²) in [5.41, 5.74) is 1.02. The Balaban J connectivity index is 2.10. The molecule has 1 aliphatic heterocycles. The van der Waals surface area contributed by atoms with E-state index < -0.39 is 24.4 Å².